The molecular weight excluding hydrogens is 328 g/mol. The molecule has 1 saturated heterocycles. The van der Waals surface area contributed by atoms with E-state index in [4.69, 9.17) is 4.74 Å². The Balaban J connectivity index is 1.63. The van der Waals surface area contributed by atoms with Gasteiger partial charge in [-0.3, -0.25) is 14.5 Å². The van der Waals surface area contributed by atoms with E-state index in [9.17, 15) is 4.79 Å². The van der Waals surface area contributed by atoms with Gasteiger partial charge in [0.15, 0.2) is 0 Å². The van der Waals surface area contributed by atoms with Crippen LogP contribution >= 0.6 is 0 Å². The van der Waals surface area contributed by atoms with Crippen molar-refractivity contribution in [3.63, 3.8) is 0 Å². The van der Waals surface area contributed by atoms with Crippen LogP contribution in [0.4, 0.5) is 0 Å². The number of aryl methyl sites for hydroxylation is 1. The zero-order valence-corrected chi connectivity index (χ0v) is 14.6. The van der Waals surface area contributed by atoms with Gasteiger partial charge < -0.3 is 9.64 Å². The molecule has 0 bridgehead atoms. The highest BCUT2D eigenvalue weighted by Crippen LogP contribution is 2.27. The monoisotopic (exact) mass is 348 g/mol. The van der Waals surface area contributed by atoms with Crippen LogP contribution in [0.25, 0.3) is 28.1 Å². The van der Waals surface area contributed by atoms with Gasteiger partial charge in [0, 0.05) is 49.6 Å². The second-order valence-electron chi connectivity index (χ2n) is 6.28. The topological polar surface area (TPSA) is 60.2 Å². The van der Waals surface area contributed by atoms with Gasteiger partial charge in [-0.1, -0.05) is 6.07 Å². The second kappa shape index (κ2) is 7.09. The number of hydrogen-bond acceptors (Lipinski definition) is 4. The van der Waals surface area contributed by atoms with Crippen molar-refractivity contribution >= 4 is 22.9 Å². The smallest absolute Gasteiger partial charge is 0.246 e. The van der Waals surface area contributed by atoms with Crippen molar-refractivity contribution in [3.05, 3.63) is 54.5 Å². The average molecular weight is 348 g/mol. The van der Waals surface area contributed by atoms with E-state index in [0.717, 1.165) is 27.6 Å². The second-order valence-corrected chi connectivity index (χ2v) is 6.28. The fourth-order valence-electron chi connectivity index (χ4n) is 3.17. The Morgan fingerprint density at radius 1 is 1.19 bits per heavy atom. The molecule has 1 amide bonds. The maximum Gasteiger partial charge on any atom is 0.246 e. The molecule has 1 aromatic carbocycles. The lowest BCUT2D eigenvalue weighted by atomic mass is 10.0. The third-order valence-corrected chi connectivity index (χ3v) is 4.64. The van der Waals surface area contributed by atoms with Gasteiger partial charge in [-0.2, -0.15) is 5.10 Å². The first-order valence-electron chi connectivity index (χ1n) is 8.63. The summed E-state index contributed by atoms with van der Waals surface area (Å²) in [5.74, 6) is 0.0128. The minimum atomic E-state index is 0.0128. The van der Waals surface area contributed by atoms with Gasteiger partial charge in [-0.05, 0) is 35.4 Å². The molecule has 3 aromatic rings. The molecule has 0 atom stereocenters. The van der Waals surface area contributed by atoms with E-state index in [-0.39, 0.29) is 5.91 Å². The van der Waals surface area contributed by atoms with Crippen molar-refractivity contribution in [2.45, 2.75) is 0 Å². The average Bonchev–Trinajstić information content (AvgIpc) is 3.07. The summed E-state index contributed by atoms with van der Waals surface area (Å²) in [4.78, 5) is 18.4. The number of fused-ring (bicyclic) bond motifs is 1. The quantitative estimate of drug-likeness (QED) is 0.683. The van der Waals surface area contributed by atoms with Crippen molar-refractivity contribution in [2.24, 2.45) is 7.05 Å². The molecule has 0 spiro atoms. The predicted octanol–water partition coefficient (Wildman–Crippen LogP) is 2.51. The van der Waals surface area contributed by atoms with Crippen LogP contribution < -0.4 is 0 Å². The third-order valence-electron chi connectivity index (χ3n) is 4.64. The summed E-state index contributed by atoms with van der Waals surface area (Å²) < 4.78 is 7.14. The highest BCUT2D eigenvalue weighted by Gasteiger charge is 2.14. The van der Waals surface area contributed by atoms with E-state index < -0.39 is 0 Å². The summed E-state index contributed by atoms with van der Waals surface area (Å²) in [6, 6.07) is 8.13. The number of ether oxygens (including phenoxy) is 1. The maximum absolute atomic E-state index is 12.4. The van der Waals surface area contributed by atoms with Crippen molar-refractivity contribution in [2.75, 3.05) is 26.3 Å². The molecule has 6 heteroatoms. The van der Waals surface area contributed by atoms with Gasteiger partial charge >= 0.3 is 0 Å². The number of nitrogens with zero attached hydrogens (tertiary/aromatic N) is 4. The molecule has 0 aliphatic carbocycles. The maximum atomic E-state index is 12.4. The van der Waals surface area contributed by atoms with E-state index in [1.54, 1.807) is 12.3 Å². The molecule has 132 valence electrons. The molecule has 0 N–H and O–H groups in total. The number of rotatable bonds is 3. The van der Waals surface area contributed by atoms with Crippen LogP contribution in [0.1, 0.15) is 5.56 Å². The molecular formula is C20H20N4O2. The number of amides is 1. The first-order chi connectivity index (χ1) is 12.7. The van der Waals surface area contributed by atoms with Crippen molar-refractivity contribution in [1.29, 1.82) is 0 Å². The predicted molar refractivity (Wildman–Crippen MR) is 100 cm³/mol. The van der Waals surface area contributed by atoms with Crippen LogP contribution in [0.15, 0.2) is 48.9 Å². The fourth-order valence-corrected chi connectivity index (χ4v) is 3.17. The molecule has 0 saturated carbocycles. The molecule has 1 aliphatic heterocycles. The van der Waals surface area contributed by atoms with E-state index >= 15 is 0 Å². The summed E-state index contributed by atoms with van der Waals surface area (Å²) >= 11 is 0. The fraction of sp³-hybridized carbons (Fsp3) is 0.250. The molecule has 6 nitrogen and oxygen atoms in total. The lowest BCUT2D eigenvalue weighted by Crippen LogP contribution is -2.39. The number of aromatic nitrogens is 3. The molecule has 0 radical (unpaired) electrons. The number of carbonyl (C=O) groups is 1. The van der Waals surface area contributed by atoms with Gasteiger partial charge in [0.05, 0.1) is 24.9 Å². The molecule has 2 aromatic heterocycles. The summed E-state index contributed by atoms with van der Waals surface area (Å²) in [5, 5.41) is 5.37. The lowest BCUT2D eigenvalue weighted by Gasteiger charge is -2.25. The van der Waals surface area contributed by atoms with Crippen molar-refractivity contribution in [3.8, 4) is 11.1 Å². The van der Waals surface area contributed by atoms with Crippen LogP contribution in [0, 0.1) is 0 Å². The van der Waals surface area contributed by atoms with E-state index in [0.29, 0.717) is 26.3 Å². The van der Waals surface area contributed by atoms with E-state index in [2.05, 4.69) is 28.3 Å². The van der Waals surface area contributed by atoms with Gasteiger partial charge in [-0.15, -0.1) is 0 Å². The summed E-state index contributed by atoms with van der Waals surface area (Å²) in [7, 11) is 1.93. The van der Waals surface area contributed by atoms with E-state index in [1.807, 2.05) is 41.2 Å². The lowest BCUT2D eigenvalue weighted by molar-refractivity contribution is -0.129. The van der Waals surface area contributed by atoms with Crippen LogP contribution in [-0.4, -0.2) is 51.9 Å². The van der Waals surface area contributed by atoms with Crippen LogP contribution in [0.3, 0.4) is 0 Å². The SMILES string of the molecule is Cn1ncc2cc(-c3cnccc3/C=C/C(=O)N3CCOCC3)ccc21. The molecule has 1 aliphatic rings. The Labute approximate surface area is 151 Å². The Hall–Kier alpha value is -2.99. The number of pyridine rings is 1. The van der Waals surface area contributed by atoms with Crippen molar-refractivity contribution < 1.29 is 9.53 Å². The summed E-state index contributed by atoms with van der Waals surface area (Å²) in [5.41, 5.74) is 4.09. The first-order valence-corrected chi connectivity index (χ1v) is 8.63. The molecule has 3 heterocycles. The van der Waals surface area contributed by atoms with Gasteiger partial charge in [0.25, 0.3) is 0 Å². The molecule has 1 fully saturated rings. The van der Waals surface area contributed by atoms with Gasteiger partial charge in [0.2, 0.25) is 5.91 Å². The minimum absolute atomic E-state index is 0.0128. The largest absolute Gasteiger partial charge is 0.378 e. The van der Waals surface area contributed by atoms with Gasteiger partial charge in [0.1, 0.15) is 0 Å². The number of carbonyl (C=O) groups excluding carboxylic acids is 1. The van der Waals surface area contributed by atoms with E-state index in [1.165, 1.54) is 0 Å². The number of benzene rings is 1. The summed E-state index contributed by atoms with van der Waals surface area (Å²) in [6.07, 6.45) is 8.92. The van der Waals surface area contributed by atoms with Crippen molar-refractivity contribution in [1.82, 2.24) is 19.7 Å². The standard InChI is InChI=1S/C20H20N4O2/c1-23-19-4-2-16(12-17(19)13-22-23)18-14-21-7-6-15(18)3-5-20(25)24-8-10-26-11-9-24/h2-7,12-14H,8-11H2,1H3/b5-3+. The third kappa shape index (κ3) is 3.23. The highest BCUT2D eigenvalue weighted by molar-refractivity contribution is 5.93. The Morgan fingerprint density at radius 3 is 2.88 bits per heavy atom. The normalized spacial score (nSPS) is 15.0. The number of morpholine rings is 1. The van der Waals surface area contributed by atoms with Crippen LogP contribution in [0.2, 0.25) is 0 Å². The minimum Gasteiger partial charge on any atom is -0.378 e. The zero-order chi connectivity index (χ0) is 17.9. The molecule has 4 rings (SSSR count). The van der Waals surface area contributed by atoms with Crippen LogP contribution in [0.5, 0.6) is 0 Å². The van der Waals surface area contributed by atoms with Gasteiger partial charge in [-0.25, -0.2) is 0 Å². The molecule has 26 heavy (non-hydrogen) atoms. The zero-order valence-electron chi connectivity index (χ0n) is 14.6. The summed E-state index contributed by atoms with van der Waals surface area (Å²) in [6.45, 7) is 2.49. The Kier molecular flexibility index (Phi) is 4.50. The first kappa shape index (κ1) is 16.5. The molecule has 0 unspecified atom stereocenters. The Bertz CT molecular complexity index is 971. The van der Waals surface area contributed by atoms with Crippen LogP contribution in [-0.2, 0) is 16.6 Å². The number of hydrogen-bond donors (Lipinski definition) is 0. The highest BCUT2D eigenvalue weighted by atomic mass is 16.5. The Morgan fingerprint density at radius 2 is 2.04 bits per heavy atom.